The first-order valence-electron chi connectivity index (χ1n) is 7.70. The number of halogens is 1. The highest BCUT2D eigenvalue weighted by atomic mass is 35.5. The Labute approximate surface area is 152 Å². The average molecular weight is 361 g/mol. The van der Waals surface area contributed by atoms with Gasteiger partial charge >= 0.3 is 0 Å². The van der Waals surface area contributed by atoms with Gasteiger partial charge < -0.3 is 16.0 Å². The Morgan fingerprint density at radius 2 is 1.80 bits per heavy atom. The molecule has 7 heteroatoms. The number of likely N-dealkylation sites (N-methyl/N-ethyl adjacent to an activating group) is 2. The van der Waals surface area contributed by atoms with E-state index in [1.165, 1.54) is 4.90 Å². The standard InChI is InChI=1S/C18H21ClN4O2/c1-18(2,17(25)21-3)23(4)16(24)12-7-5-11(6-8-12)13-9-14(19)15(20)22-10-13/h5-10H,1-4H3,(H2,20,22)(H,21,25). The lowest BCUT2D eigenvalue weighted by atomic mass is 10.00. The maximum Gasteiger partial charge on any atom is 0.254 e. The zero-order valence-corrected chi connectivity index (χ0v) is 15.4. The molecule has 0 radical (unpaired) electrons. The van der Waals surface area contributed by atoms with E-state index in [1.807, 2.05) is 0 Å². The number of nitrogen functional groups attached to an aromatic ring is 1. The van der Waals surface area contributed by atoms with Crippen LogP contribution in [0.15, 0.2) is 36.5 Å². The fourth-order valence-corrected chi connectivity index (χ4v) is 2.48. The molecule has 0 fully saturated rings. The Hall–Kier alpha value is -2.60. The van der Waals surface area contributed by atoms with Crippen molar-refractivity contribution in [3.05, 3.63) is 47.1 Å². The number of carbonyl (C=O) groups is 2. The summed E-state index contributed by atoms with van der Waals surface area (Å²) in [5, 5.41) is 2.95. The number of hydrogen-bond acceptors (Lipinski definition) is 4. The topological polar surface area (TPSA) is 88.3 Å². The van der Waals surface area contributed by atoms with Crippen molar-refractivity contribution in [2.24, 2.45) is 0 Å². The predicted octanol–water partition coefficient (Wildman–Crippen LogP) is 2.58. The molecule has 0 aliphatic carbocycles. The number of hydrogen-bond donors (Lipinski definition) is 2. The van der Waals surface area contributed by atoms with Crippen LogP contribution in [0.2, 0.25) is 5.02 Å². The quantitative estimate of drug-likeness (QED) is 0.877. The number of nitrogens with two attached hydrogens (primary N) is 1. The van der Waals surface area contributed by atoms with Crippen LogP contribution in [-0.4, -0.2) is 41.3 Å². The summed E-state index contributed by atoms with van der Waals surface area (Å²) in [4.78, 5) is 30.1. The van der Waals surface area contributed by atoms with Gasteiger partial charge in [-0.1, -0.05) is 23.7 Å². The van der Waals surface area contributed by atoms with Crippen LogP contribution in [0.3, 0.4) is 0 Å². The molecule has 0 unspecified atom stereocenters. The molecule has 1 aromatic heterocycles. The highest BCUT2D eigenvalue weighted by molar-refractivity contribution is 6.33. The smallest absolute Gasteiger partial charge is 0.254 e. The van der Waals surface area contributed by atoms with Gasteiger partial charge in [0.25, 0.3) is 5.91 Å². The Bertz CT molecular complexity index is 803. The molecule has 0 saturated heterocycles. The van der Waals surface area contributed by atoms with Crippen LogP contribution < -0.4 is 11.1 Å². The molecular weight excluding hydrogens is 340 g/mol. The molecule has 0 saturated carbocycles. The van der Waals surface area contributed by atoms with Gasteiger partial charge in [-0.2, -0.15) is 0 Å². The minimum Gasteiger partial charge on any atom is -0.382 e. The summed E-state index contributed by atoms with van der Waals surface area (Å²) in [6.07, 6.45) is 1.62. The van der Waals surface area contributed by atoms with Gasteiger partial charge in [-0.3, -0.25) is 9.59 Å². The van der Waals surface area contributed by atoms with Crippen molar-refractivity contribution in [3.63, 3.8) is 0 Å². The van der Waals surface area contributed by atoms with Gasteiger partial charge in [0.2, 0.25) is 5.91 Å². The minimum absolute atomic E-state index is 0.234. The van der Waals surface area contributed by atoms with Crippen LogP contribution in [-0.2, 0) is 4.79 Å². The van der Waals surface area contributed by atoms with Crippen molar-refractivity contribution >= 4 is 29.2 Å². The van der Waals surface area contributed by atoms with Crippen molar-refractivity contribution in [2.75, 3.05) is 19.8 Å². The molecule has 0 spiro atoms. The maximum atomic E-state index is 12.7. The molecule has 1 heterocycles. The largest absolute Gasteiger partial charge is 0.382 e. The number of rotatable bonds is 4. The molecule has 6 nitrogen and oxygen atoms in total. The fourth-order valence-electron chi connectivity index (χ4n) is 2.32. The Morgan fingerprint density at radius 3 is 2.32 bits per heavy atom. The molecule has 3 N–H and O–H groups in total. The van der Waals surface area contributed by atoms with Gasteiger partial charge in [-0.25, -0.2) is 4.98 Å². The van der Waals surface area contributed by atoms with Crippen LogP contribution in [0.5, 0.6) is 0 Å². The zero-order chi connectivity index (χ0) is 18.8. The van der Waals surface area contributed by atoms with Crippen molar-refractivity contribution in [1.82, 2.24) is 15.2 Å². The molecule has 0 atom stereocenters. The monoisotopic (exact) mass is 360 g/mol. The first-order valence-corrected chi connectivity index (χ1v) is 8.08. The van der Waals surface area contributed by atoms with E-state index in [4.69, 9.17) is 17.3 Å². The molecule has 132 valence electrons. The predicted molar refractivity (Wildman–Crippen MR) is 99.3 cm³/mol. The van der Waals surface area contributed by atoms with E-state index in [0.717, 1.165) is 11.1 Å². The van der Waals surface area contributed by atoms with Crippen molar-refractivity contribution < 1.29 is 9.59 Å². The lowest BCUT2D eigenvalue weighted by Gasteiger charge is -2.33. The third kappa shape index (κ3) is 3.74. The number of nitrogens with one attached hydrogen (secondary N) is 1. The third-order valence-electron chi connectivity index (χ3n) is 4.26. The average Bonchev–Trinajstić information content (AvgIpc) is 2.62. The number of anilines is 1. The Balaban J connectivity index is 2.25. The lowest BCUT2D eigenvalue weighted by molar-refractivity contribution is -0.129. The lowest BCUT2D eigenvalue weighted by Crippen LogP contribution is -2.54. The summed E-state index contributed by atoms with van der Waals surface area (Å²) in [5.74, 6) is -0.202. The van der Waals surface area contributed by atoms with Crippen molar-refractivity contribution in [2.45, 2.75) is 19.4 Å². The Morgan fingerprint density at radius 1 is 1.20 bits per heavy atom. The molecule has 0 aliphatic heterocycles. The van der Waals surface area contributed by atoms with Crippen molar-refractivity contribution in [3.8, 4) is 11.1 Å². The summed E-state index contributed by atoms with van der Waals surface area (Å²) in [6, 6.07) is 8.74. The number of amides is 2. The summed E-state index contributed by atoms with van der Waals surface area (Å²) in [7, 11) is 3.15. The second kappa shape index (κ2) is 7.11. The van der Waals surface area contributed by atoms with E-state index in [1.54, 1.807) is 64.5 Å². The number of pyridine rings is 1. The fraction of sp³-hybridized carbons (Fsp3) is 0.278. The summed E-state index contributed by atoms with van der Waals surface area (Å²) < 4.78 is 0. The maximum absolute atomic E-state index is 12.7. The first-order chi connectivity index (χ1) is 11.7. The molecule has 2 aromatic rings. The van der Waals surface area contributed by atoms with Gasteiger partial charge in [0, 0.05) is 31.4 Å². The van der Waals surface area contributed by atoms with Gasteiger partial charge in [-0.15, -0.1) is 0 Å². The van der Waals surface area contributed by atoms with E-state index in [0.29, 0.717) is 10.6 Å². The normalized spacial score (nSPS) is 11.1. The molecular formula is C18H21ClN4O2. The van der Waals surface area contributed by atoms with E-state index in [2.05, 4.69) is 10.3 Å². The summed E-state index contributed by atoms with van der Waals surface area (Å²) >= 11 is 5.99. The van der Waals surface area contributed by atoms with Crippen LogP contribution >= 0.6 is 11.6 Å². The third-order valence-corrected chi connectivity index (χ3v) is 4.56. The van der Waals surface area contributed by atoms with Crippen molar-refractivity contribution in [1.29, 1.82) is 0 Å². The minimum atomic E-state index is -0.959. The molecule has 1 aromatic carbocycles. The van der Waals surface area contributed by atoms with Crippen LogP contribution in [0.4, 0.5) is 5.82 Å². The summed E-state index contributed by atoms with van der Waals surface area (Å²) in [5.41, 5.74) is 6.80. The molecule has 2 amide bonds. The highest BCUT2D eigenvalue weighted by Gasteiger charge is 2.34. The Kier molecular flexibility index (Phi) is 5.33. The number of nitrogens with zero attached hydrogens (tertiary/aromatic N) is 2. The number of carbonyl (C=O) groups excluding carboxylic acids is 2. The summed E-state index contributed by atoms with van der Waals surface area (Å²) in [6.45, 7) is 3.39. The second-order valence-electron chi connectivity index (χ2n) is 6.17. The van der Waals surface area contributed by atoms with Crippen LogP contribution in [0.1, 0.15) is 24.2 Å². The van der Waals surface area contributed by atoms with Gasteiger partial charge in [0.05, 0.1) is 5.02 Å². The SMILES string of the molecule is CNC(=O)C(C)(C)N(C)C(=O)c1ccc(-c2cnc(N)c(Cl)c2)cc1. The molecule has 2 rings (SSSR count). The molecule has 0 aliphatic rings. The first kappa shape index (κ1) is 18.7. The van der Waals surface area contributed by atoms with Gasteiger partial charge in [0.15, 0.2) is 0 Å². The second-order valence-corrected chi connectivity index (χ2v) is 6.58. The van der Waals surface area contributed by atoms with Gasteiger partial charge in [0.1, 0.15) is 11.4 Å². The van der Waals surface area contributed by atoms with E-state index in [-0.39, 0.29) is 17.6 Å². The number of benzene rings is 1. The van der Waals surface area contributed by atoms with E-state index in [9.17, 15) is 9.59 Å². The van der Waals surface area contributed by atoms with Crippen LogP contribution in [0, 0.1) is 0 Å². The highest BCUT2D eigenvalue weighted by Crippen LogP contribution is 2.26. The van der Waals surface area contributed by atoms with Gasteiger partial charge in [-0.05, 0) is 37.6 Å². The molecule has 25 heavy (non-hydrogen) atoms. The van der Waals surface area contributed by atoms with E-state index >= 15 is 0 Å². The number of aromatic nitrogens is 1. The molecule has 0 bridgehead atoms. The van der Waals surface area contributed by atoms with Crippen LogP contribution in [0.25, 0.3) is 11.1 Å². The zero-order valence-electron chi connectivity index (χ0n) is 14.6. The van der Waals surface area contributed by atoms with E-state index < -0.39 is 5.54 Å².